The van der Waals surface area contributed by atoms with Gasteiger partial charge in [-0.1, -0.05) is 11.8 Å². The molecule has 0 fully saturated rings. The molecule has 0 aromatic rings. The molecule has 4 nitrogen and oxygen atoms in total. The van der Waals surface area contributed by atoms with Crippen molar-refractivity contribution in [1.82, 2.24) is 0 Å². The van der Waals surface area contributed by atoms with Crippen LogP contribution in [-0.2, 0) is 9.59 Å². The molecule has 0 radical (unpaired) electrons. The summed E-state index contributed by atoms with van der Waals surface area (Å²) in [5, 5.41) is 16.5. The highest BCUT2D eigenvalue weighted by atomic mass is 32.2. The van der Waals surface area contributed by atoms with Crippen LogP contribution in [0, 0.1) is 0 Å². The monoisotopic (exact) mass is 160 g/mol. The predicted octanol–water partition coefficient (Wildman–Crippen LogP) is 0.156. The molecule has 0 spiro atoms. The first-order chi connectivity index (χ1) is 4.63. The molecule has 0 atom stereocenters. The first-order valence-electron chi connectivity index (χ1n) is 2.45. The van der Waals surface area contributed by atoms with E-state index in [9.17, 15) is 9.59 Å². The maximum absolute atomic E-state index is 10.6. The van der Waals surface area contributed by atoms with E-state index in [0.29, 0.717) is 0 Å². The molecule has 0 unspecified atom stereocenters. The number of aliphatic carboxylic acids is 1. The number of hydrogen-bond acceptors (Lipinski definition) is 4. The lowest BCUT2D eigenvalue weighted by Gasteiger charge is -1.89. The fourth-order valence-corrected chi connectivity index (χ4v) is 1.37. The van der Waals surface area contributed by atoms with Crippen molar-refractivity contribution >= 4 is 22.8 Å². The summed E-state index contributed by atoms with van der Waals surface area (Å²) < 4.78 is 0. The van der Waals surface area contributed by atoms with Crippen molar-refractivity contribution in [3.05, 3.63) is 11.3 Å². The van der Waals surface area contributed by atoms with E-state index in [0.717, 1.165) is 11.8 Å². The van der Waals surface area contributed by atoms with Gasteiger partial charge in [0.25, 0.3) is 0 Å². The Hall–Kier alpha value is -0.970. The predicted molar refractivity (Wildman–Crippen MR) is 34.8 cm³/mol. The minimum Gasteiger partial charge on any atom is -0.510 e. The number of aliphatic hydroxyl groups excluding tert-OH is 1. The summed E-state index contributed by atoms with van der Waals surface area (Å²) in [6, 6.07) is 0. The molecule has 0 saturated heterocycles. The Balaban J connectivity index is 2.99. The van der Waals surface area contributed by atoms with Crippen LogP contribution in [0.15, 0.2) is 11.3 Å². The van der Waals surface area contributed by atoms with Crippen molar-refractivity contribution in [2.24, 2.45) is 0 Å². The molecule has 0 aromatic carbocycles. The van der Waals surface area contributed by atoms with E-state index < -0.39 is 16.7 Å². The first kappa shape index (κ1) is 7.14. The number of carbonyl (C=O) groups excluding carboxylic acids is 1. The van der Waals surface area contributed by atoms with Gasteiger partial charge in [-0.15, -0.1) is 0 Å². The van der Waals surface area contributed by atoms with E-state index >= 15 is 0 Å². The summed E-state index contributed by atoms with van der Waals surface area (Å²) in [4.78, 5) is 20.8. The van der Waals surface area contributed by atoms with Crippen LogP contribution in [0.25, 0.3) is 0 Å². The van der Waals surface area contributed by atoms with Crippen LogP contribution in [0.1, 0.15) is 0 Å². The average Bonchev–Trinajstić information content (AvgIpc) is 2.11. The summed E-state index contributed by atoms with van der Waals surface area (Å²) in [6.07, 6.45) is 0. The number of carboxylic acid groups (broad SMARTS) is 1. The van der Waals surface area contributed by atoms with Crippen molar-refractivity contribution < 1.29 is 19.8 Å². The molecule has 0 amide bonds. The molecule has 1 aliphatic rings. The Morgan fingerprint density at radius 3 is 2.40 bits per heavy atom. The number of carbonyl (C=O) groups is 2. The lowest BCUT2D eigenvalue weighted by atomic mass is 10.3. The second-order valence-electron chi connectivity index (χ2n) is 1.70. The van der Waals surface area contributed by atoms with Crippen LogP contribution >= 0.6 is 11.8 Å². The molecule has 1 rings (SSSR count). The minimum atomic E-state index is -1.35. The number of thioether (sulfide) groups is 1. The lowest BCUT2D eigenvalue weighted by Crippen LogP contribution is -2.06. The SMILES string of the molecule is O=C(O)C1=C(O)CSC1=O. The van der Waals surface area contributed by atoms with Gasteiger partial charge >= 0.3 is 5.97 Å². The third kappa shape index (κ3) is 0.995. The molecule has 0 bridgehead atoms. The van der Waals surface area contributed by atoms with Crippen molar-refractivity contribution in [2.45, 2.75) is 0 Å². The third-order valence-electron chi connectivity index (χ3n) is 1.05. The van der Waals surface area contributed by atoms with Crippen molar-refractivity contribution in [3.8, 4) is 0 Å². The van der Waals surface area contributed by atoms with Crippen LogP contribution in [0.2, 0.25) is 0 Å². The Labute approximate surface area is 60.5 Å². The minimum absolute atomic E-state index is 0.0838. The average molecular weight is 160 g/mol. The largest absolute Gasteiger partial charge is 0.510 e. The molecule has 54 valence electrons. The Morgan fingerprint density at radius 1 is 1.60 bits per heavy atom. The Morgan fingerprint density at radius 2 is 2.20 bits per heavy atom. The van der Waals surface area contributed by atoms with E-state index in [1.807, 2.05) is 0 Å². The molecule has 0 saturated carbocycles. The molecule has 0 aromatic heterocycles. The lowest BCUT2D eigenvalue weighted by molar-refractivity contribution is -0.133. The number of hydrogen-bond donors (Lipinski definition) is 2. The van der Waals surface area contributed by atoms with Crippen LogP contribution < -0.4 is 0 Å². The maximum Gasteiger partial charge on any atom is 0.343 e. The number of aliphatic hydroxyl groups is 1. The molecule has 1 heterocycles. The van der Waals surface area contributed by atoms with Gasteiger partial charge < -0.3 is 10.2 Å². The van der Waals surface area contributed by atoms with Crippen LogP contribution in [0.4, 0.5) is 0 Å². The first-order valence-corrected chi connectivity index (χ1v) is 3.44. The van der Waals surface area contributed by atoms with E-state index in [4.69, 9.17) is 10.2 Å². The summed E-state index contributed by atoms with van der Waals surface area (Å²) in [7, 11) is 0. The van der Waals surface area contributed by atoms with Crippen LogP contribution in [-0.4, -0.2) is 27.1 Å². The molecular weight excluding hydrogens is 156 g/mol. The molecule has 2 N–H and O–H groups in total. The van der Waals surface area contributed by atoms with Gasteiger partial charge in [-0.25, -0.2) is 4.79 Å². The highest BCUT2D eigenvalue weighted by molar-refractivity contribution is 8.14. The van der Waals surface area contributed by atoms with Gasteiger partial charge in [-0.2, -0.15) is 0 Å². The fourth-order valence-electron chi connectivity index (χ4n) is 0.607. The molecular formula is C5H4O4S. The van der Waals surface area contributed by atoms with Crippen molar-refractivity contribution in [1.29, 1.82) is 0 Å². The standard InChI is InChI=1S/C5H4O4S/c6-2-1-10-5(9)3(2)4(7)8/h6H,1H2,(H,7,8). The van der Waals surface area contributed by atoms with Gasteiger partial charge in [0.15, 0.2) is 5.57 Å². The molecule has 5 heteroatoms. The van der Waals surface area contributed by atoms with Crippen molar-refractivity contribution in [3.63, 3.8) is 0 Å². The Bertz CT molecular complexity index is 230. The smallest absolute Gasteiger partial charge is 0.343 e. The zero-order valence-electron chi connectivity index (χ0n) is 4.83. The summed E-state index contributed by atoms with van der Waals surface area (Å²) in [6.45, 7) is 0. The second-order valence-corrected chi connectivity index (χ2v) is 2.65. The fraction of sp³-hybridized carbons (Fsp3) is 0.200. The topological polar surface area (TPSA) is 74.6 Å². The normalized spacial score (nSPS) is 18.2. The van der Waals surface area contributed by atoms with Gasteiger partial charge in [0.05, 0.1) is 5.75 Å². The van der Waals surface area contributed by atoms with Crippen molar-refractivity contribution in [2.75, 3.05) is 5.75 Å². The number of rotatable bonds is 1. The zero-order chi connectivity index (χ0) is 7.72. The van der Waals surface area contributed by atoms with Gasteiger partial charge in [-0.3, -0.25) is 4.79 Å². The summed E-state index contributed by atoms with van der Waals surface area (Å²) in [5.41, 5.74) is -0.481. The summed E-state index contributed by atoms with van der Waals surface area (Å²) in [5.74, 6) is -1.60. The van der Waals surface area contributed by atoms with E-state index in [1.54, 1.807) is 0 Å². The highest BCUT2D eigenvalue weighted by Gasteiger charge is 2.29. The second kappa shape index (κ2) is 2.34. The molecule has 10 heavy (non-hydrogen) atoms. The zero-order valence-corrected chi connectivity index (χ0v) is 5.64. The van der Waals surface area contributed by atoms with Gasteiger partial charge in [-0.05, 0) is 0 Å². The quantitative estimate of drug-likeness (QED) is 0.534. The maximum atomic E-state index is 10.6. The van der Waals surface area contributed by atoms with E-state index in [2.05, 4.69) is 0 Å². The van der Waals surface area contributed by atoms with Crippen LogP contribution in [0.3, 0.4) is 0 Å². The van der Waals surface area contributed by atoms with Gasteiger partial charge in [0.2, 0.25) is 5.12 Å². The third-order valence-corrected chi connectivity index (χ3v) is 1.93. The Kier molecular flexibility index (Phi) is 1.67. The van der Waals surface area contributed by atoms with E-state index in [1.165, 1.54) is 0 Å². The number of carboxylic acids is 1. The van der Waals surface area contributed by atoms with Gasteiger partial charge in [0, 0.05) is 0 Å². The van der Waals surface area contributed by atoms with E-state index in [-0.39, 0.29) is 11.5 Å². The van der Waals surface area contributed by atoms with Crippen LogP contribution in [0.5, 0.6) is 0 Å². The summed E-state index contributed by atoms with van der Waals surface area (Å²) >= 11 is 0.798. The van der Waals surface area contributed by atoms with Gasteiger partial charge in [0.1, 0.15) is 5.76 Å². The molecule has 0 aliphatic carbocycles. The molecule has 1 aliphatic heterocycles. The highest BCUT2D eigenvalue weighted by Crippen LogP contribution is 2.24.